The zero-order valence-electron chi connectivity index (χ0n) is 12.9. The molecule has 0 radical (unpaired) electrons. The molecular formula is C17H23ClN2O. The van der Waals surface area contributed by atoms with Gasteiger partial charge in [0.05, 0.1) is 16.3 Å². The summed E-state index contributed by atoms with van der Waals surface area (Å²) < 4.78 is 0. The van der Waals surface area contributed by atoms with Gasteiger partial charge in [0.15, 0.2) is 0 Å². The Morgan fingerprint density at radius 3 is 2.76 bits per heavy atom. The smallest absolute Gasteiger partial charge is 0.256 e. The maximum atomic E-state index is 12.9. The van der Waals surface area contributed by atoms with E-state index in [0.717, 1.165) is 19.4 Å². The maximum Gasteiger partial charge on any atom is 0.256 e. The number of benzene rings is 1. The molecule has 114 valence electrons. The highest BCUT2D eigenvalue weighted by Gasteiger charge is 2.51. The summed E-state index contributed by atoms with van der Waals surface area (Å²) in [6.45, 7) is 7.74. The lowest BCUT2D eigenvalue weighted by atomic mass is 9.65. The van der Waals surface area contributed by atoms with Gasteiger partial charge in [0.2, 0.25) is 0 Å². The molecular weight excluding hydrogens is 284 g/mol. The van der Waals surface area contributed by atoms with E-state index in [0.29, 0.717) is 27.7 Å². The summed E-state index contributed by atoms with van der Waals surface area (Å²) in [5.41, 5.74) is 7.46. The van der Waals surface area contributed by atoms with Crippen molar-refractivity contribution in [1.29, 1.82) is 0 Å². The lowest BCUT2D eigenvalue weighted by Gasteiger charge is -2.39. The van der Waals surface area contributed by atoms with E-state index in [-0.39, 0.29) is 11.3 Å². The number of nitrogen functional groups attached to an aromatic ring is 1. The topological polar surface area (TPSA) is 46.3 Å². The average molecular weight is 307 g/mol. The minimum atomic E-state index is 0.0291. The van der Waals surface area contributed by atoms with Crippen molar-refractivity contribution < 1.29 is 4.79 Å². The lowest BCUT2D eigenvalue weighted by molar-refractivity contribution is 0.0709. The van der Waals surface area contributed by atoms with Gasteiger partial charge in [-0.15, -0.1) is 0 Å². The van der Waals surface area contributed by atoms with Crippen molar-refractivity contribution in [1.82, 2.24) is 4.90 Å². The number of carbonyl (C=O) groups excluding carboxylic acids is 1. The van der Waals surface area contributed by atoms with Gasteiger partial charge in [-0.2, -0.15) is 0 Å². The van der Waals surface area contributed by atoms with Crippen LogP contribution in [0.25, 0.3) is 0 Å². The predicted octanol–water partition coefficient (Wildman–Crippen LogP) is 3.96. The first kappa shape index (κ1) is 14.7. The third-order valence-corrected chi connectivity index (χ3v) is 5.29. The Kier molecular flexibility index (Phi) is 3.25. The Balaban J connectivity index is 1.92. The van der Waals surface area contributed by atoms with Gasteiger partial charge in [-0.05, 0) is 42.2 Å². The maximum absolute atomic E-state index is 12.9. The van der Waals surface area contributed by atoms with Crippen LogP contribution in [0.4, 0.5) is 5.69 Å². The largest absolute Gasteiger partial charge is 0.397 e. The zero-order chi connectivity index (χ0) is 15.4. The lowest BCUT2D eigenvalue weighted by Crippen LogP contribution is -2.38. The number of hydrogen-bond donors (Lipinski definition) is 1. The molecule has 2 atom stereocenters. The Hall–Kier alpha value is -1.22. The minimum absolute atomic E-state index is 0.0291. The van der Waals surface area contributed by atoms with Gasteiger partial charge in [-0.3, -0.25) is 4.79 Å². The van der Waals surface area contributed by atoms with Crippen LogP contribution in [-0.2, 0) is 0 Å². The Bertz CT molecular complexity index is 598. The highest BCUT2D eigenvalue weighted by Crippen LogP contribution is 2.52. The number of hydrogen-bond acceptors (Lipinski definition) is 2. The van der Waals surface area contributed by atoms with E-state index in [9.17, 15) is 4.79 Å². The molecule has 1 saturated carbocycles. The summed E-state index contributed by atoms with van der Waals surface area (Å²) >= 11 is 6.05. The SMILES string of the molecule is CC1(C)CC2CC(C)(CN2C(=O)c2cccc(Cl)c2N)C1. The Morgan fingerprint density at radius 1 is 1.33 bits per heavy atom. The standard InChI is InChI=1S/C17H23ClN2O/c1-16(2)7-11-8-17(3,9-16)10-20(11)15(21)12-5-4-6-13(18)14(12)19/h4-6,11H,7-10,19H2,1-3H3. The molecule has 4 heteroatoms. The minimum Gasteiger partial charge on any atom is -0.397 e. The van der Waals surface area contributed by atoms with Gasteiger partial charge in [0, 0.05) is 12.6 Å². The third kappa shape index (κ3) is 2.52. The Morgan fingerprint density at radius 2 is 2.05 bits per heavy atom. The molecule has 21 heavy (non-hydrogen) atoms. The van der Waals surface area contributed by atoms with Crippen LogP contribution in [-0.4, -0.2) is 23.4 Å². The van der Waals surface area contributed by atoms with E-state index in [2.05, 4.69) is 20.8 Å². The van der Waals surface area contributed by atoms with Crippen molar-refractivity contribution in [2.24, 2.45) is 10.8 Å². The molecule has 2 fully saturated rings. The van der Waals surface area contributed by atoms with Crippen molar-refractivity contribution in [3.8, 4) is 0 Å². The molecule has 3 rings (SSSR count). The third-order valence-electron chi connectivity index (χ3n) is 4.96. The first-order valence-electron chi connectivity index (χ1n) is 7.56. The van der Waals surface area contributed by atoms with Gasteiger partial charge in [0.1, 0.15) is 0 Å². The monoisotopic (exact) mass is 306 g/mol. The van der Waals surface area contributed by atoms with Gasteiger partial charge >= 0.3 is 0 Å². The quantitative estimate of drug-likeness (QED) is 0.798. The van der Waals surface area contributed by atoms with E-state index < -0.39 is 0 Å². The van der Waals surface area contributed by atoms with Gasteiger partial charge in [-0.1, -0.05) is 38.4 Å². The zero-order valence-corrected chi connectivity index (χ0v) is 13.7. The van der Waals surface area contributed by atoms with Crippen LogP contribution in [0, 0.1) is 10.8 Å². The van der Waals surface area contributed by atoms with Crippen LogP contribution in [0.3, 0.4) is 0 Å². The number of amides is 1. The molecule has 2 unspecified atom stereocenters. The molecule has 2 N–H and O–H groups in total. The number of nitrogens with two attached hydrogens (primary N) is 1. The summed E-state index contributed by atoms with van der Waals surface area (Å²) in [6, 6.07) is 5.61. The molecule has 0 aromatic heterocycles. The molecule has 1 amide bonds. The number of para-hydroxylation sites is 1. The van der Waals surface area contributed by atoms with Crippen molar-refractivity contribution in [2.45, 2.75) is 46.1 Å². The van der Waals surface area contributed by atoms with Gasteiger partial charge in [0.25, 0.3) is 5.91 Å². The molecule has 0 spiro atoms. The van der Waals surface area contributed by atoms with Crippen molar-refractivity contribution in [2.75, 3.05) is 12.3 Å². The highest BCUT2D eigenvalue weighted by molar-refractivity contribution is 6.33. The second kappa shape index (κ2) is 4.64. The summed E-state index contributed by atoms with van der Waals surface area (Å²) in [4.78, 5) is 14.9. The molecule has 1 heterocycles. The fourth-order valence-electron chi connectivity index (χ4n) is 4.58. The van der Waals surface area contributed by atoms with Crippen LogP contribution < -0.4 is 5.73 Å². The molecule has 3 nitrogen and oxygen atoms in total. The van der Waals surface area contributed by atoms with Gasteiger partial charge < -0.3 is 10.6 Å². The second-order valence-corrected chi connectivity index (χ2v) is 8.26. The van der Waals surface area contributed by atoms with E-state index in [4.69, 9.17) is 17.3 Å². The van der Waals surface area contributed by atoms with Crippen LogP contribution in [0.15, 0.2) is 18.2 Å². The van der Waals surface area contributed by atoms with E-state index in [1.54, 1.807) is 18.2 Å². The first-order valence-corrected chi connectivity index (χ1v) is 7.94. The van der Waals surface area contributed by atoms with Crippen molar-refractivity contribution in [3.05, 3.63) is 28.8 Å². The number of fused-ring (bicyclic) bond motifs is 2. The summed E-state index contributed by atoms with van der Waals surface area (Å²) in [6.07, 6.45) is 3.34. The normalized spacial score (nSPS) is 30.5. The second-order valence-electron chi connectivity index (χ2n) is 7.85. The molecule has 1 aliphatic carbocycles. The molecule has 1 saturated heterocycles. The van der Waals surface area contributed by atoms with Crippen molar-refractivity contribution in [3.63, 3.8) is 0 Å². The van der Waals surface area contributed by atoms with Gasteiger partial charge in [-0.25, -0.2) is 0 Å². The van der Waals surface area contributed by atoms with E-state index >= 15 is 0 Å². The number of halogens is 1. The van der Waals surface area contributed by atoms with E-state index in [1.807, 2.05) is 4.90 Å². The molecule has 1 aromatic carbocycles. The molecule has 1 aromatic rings. The van der Waals surface area contributed by atoms with Crippen LogP contribution in [0.5, 0.6) is 0 Å². The molecule has 1 aliphatic heterocycles. The summed E-state index contributed by atoms with van der Waals surface area (Å²) in [5, 5.41) is 0.453. The number of rotatable bonds is 1. The number of anilines is 1. The molecule has 2 bridgehead atoms. The number of nitrogens with zero attached hydrogens (tertiary/aromatic N) is 1. The molecule has 2 aliphatic rings. The number of likely N-dealkylation sites (tertiary alicyclic amines) is 1. The fraction of sp³-hybridized carbons (Fsp3) is 0.588. The fourth-order valence-corrected chi connectivity index (χ4v) is 4.75. The Labute approximate surface area is 131 Å². The average Bonchev–Trinajstić information content (AvgIpc) is 2.61. The van der Waals surface area contributed by atoms with Crippen LogP contribution >= 0.6 is 11.6 Å². The predicted molar refractivity (Wildman–Crippen MR) is 86.4 cm³/mol. The van der Waals surface area contributed by atoms with Crippen molar-refractivity contribution >= 4 is 23.2 Å². The highest BCUT2D eigenvalue weighted by atomic mass is 35.5. The van der Waals surface area contributed by atoms with E-state index in [1.165, 1.54) is 6.42 Å². The van der Waals surface area contributed by atoms with Crippen LogP contribution in [0.2, 0.25) is 5.02 Å². The summed E-state index contributed by atoms with van der Waals surface area (Å²) in [5.74, 6) is 0.0291. The first-order chi connectivity index (χ1) is 9.71. The summed E-state index contributed by atoms with van der Waals surface area (Å²) in [7, 11) is 0. The number of carbonyl (C=O) groups is 1. The van der Waals surface area contributed by atoms with Crippen LogP contribution in [0.1, 0.15) is 50.4 Å².